The van der Waals surface area contributed by atoms with Crippen LogP contribution in [0.25, 0.3) is 11.0 Å². The Kier molecular flexibility index (Phi) is 5.19. The minimum absolute atomic E-state index is 0.723. The number of aromatic nitrogens is 2. The highest BCUT2D eigenvalue weighted by molar-refractivity contribution is 6.30. The number of halogens is 1. The van der Waals surface area contributed by atoms with Gasteiger partial charge in [-0.2, -0.15) is 0 Å². The molecular weight excluding hydrogens is 306 g/mol. The Morgan fingerprint density at radius 1 is 1.04 bits per heavy atom. The molecule has 23 heavy (non-hydrogen) atoms. The van der Waals surface area contributed by atoms with E-state index in [-0.39, 0.29) is 0 Å². The Labute approximate surface area is 142 Å². The topological polar surface area (TPSA) is 29.9 Å². The van der Waals surface area contributed by atoms with Crippen LogP contribution >= 0.6 is 11.6 Å². The maximum Gasteiger partial charge on any atom is 0.208 e. The van der Waals surface area contributed by atoms with E-state index in [1.807, 2.05) is 30.3 Å². The van der Waals surface area contributed by atoms with Crippen molar-refractivity contribution >= 4 is 34.3 Å². The van der Waals surface area contributed by atoms with Crippen LogP contribution in [-0.4, -0.2) is 9.55 Å². The maximum absolute atomic E-state index is 6.08. The van der Waals surface area contributed by atoms with Gasteiger partial charge in [-0.3, -0.25) is 0 Å². The van der Waals surface area contributed by atoms with Gasteiger partial charge in [0, 0.05) is 17.3 Å². The zero-order chi connectivity index (χ0) is 16.1. The van der Waals surface area contributed by atoms with Crippen molar-refractivity contribution in [1.82, 2.24) is 9.55 Å². The molecule has 0 amide bonds. The number of nitrogens with zero attached hydrogens (tertiary/aromatic N) is 2. The summed E-state index contributed by atoms with van der Waals surface area (Å²) in [7, 11) is 0. The lowest BCUT2D eigenvalue weighted by molar-refractivity contribution is 0.595. The van der Waals surface area contributed by atoms with Gasteiger partial charge < -0.3 is 9.88 Å². The van der Waals surface area contributed by atoms with Gasteiger partial charge in [-0.15, -0.1) is 0 Å². The van der Waals surface area contributed by atoms with Crippen LogP contribution in [0.4, 0.5) is 11.6 Å². The molecule has 3 aromatic rings. The van der Waals surface area contributed by atoms with Gasteiger partial charge >= 0.3 is 0 Å². The summed E-state index contributed by atoms with van der Waals surface area (Å²) in [5, 5.41) is 4.13. The van der Waals surface area contributed by atoms with Crippen LogP contribution in [0, 0.1) is 0 Å². The van der Waals surface area contributed by atoms with Crippen molar-refractivity contribution in [2.75, 3.05) is 5.32 Å². The van der Waals surface area contributed by atoms with Crippen LogP contribution in [0.15, 0.2) is 48.5 Å². The summed E-state index contributed by atoms with van der Waals surface area (Å²) >= 11 is 6.08. The van der Waals surface area contributed by atoms with E-state index in [9.17, 15) is 0 Å². The van der Waals surface area contributed by atoms with E-state index < -0.39 is 0 Å². The number of hydrogen-bond acceptors (Lipinski definition) is 2. The molecule has 3 nitrogen and oxygen atoms in total. The van der Waals surface area contributed by atoms with E-state index in [4.69, 9.17) is 16.6 Å². The summed E-state index contributed by atoms with van der Waals surface area (Å²) in [5.74, 6) is 0.880. The molecule has 0 saturated heterocycles. The minimum atomic E-state index is 0.723. The molecular formula is C19H22ClN3. The van der Waals surface area contributed by atoms with Gasteiger partial charge in [0.15, 0.2) is 0 Å². The van der Waals surface area contributed by atoms with Crippen molar-refractivity contribution in [3.8, 4) is 0 Å². The van der Waals surface area contributed by atoms with E-state index >= 15 is 0 Å². The SMILES string of the molecule is CCCCCCn1c(Nc2cccc(Cl)c2)nc2ccccc21. The van der Waals surface area contributed by atoms with Gasteiger partial charge in [-0.1, -0.05) is 56.0 Å². The van der Waals surface area contributed by atoms with Gasteiger partial charge in [-0.25, -0.2) is 4.98 Å². The highest BCUT2D eigenvalue weighted by Crippen LogP contribution is 2.25. The van der Waals surface area contributed by atoms with Crippen molar-refractivity contribution < 1.29 is 0 Å². The number of imidazole rings is 1. The Morgan fingerprint density at radius 2 is 1.91 bits per heavy atom. The molecule has 0 atom stereocenters. The first-order valence-corrected chi connectivity index (χ1v) is 8.63. The molecule has 0 spiro atoms. The average Bonchev–Trinajstić information content (AvgIpc) is 2.89. The highest BCUT2D eigenvalue weighted by Gasteiger charge is 2.10. The van der Waals surface area contributed by atoms with Crippen LogP contribution in [0.2, 0.25) is 5.02 Å². The predicted octanol–water partition coefficient (Wildman–Crippen LogP) is 6.01. The largest absolute Gasteiger partial charge is 0.326 e. The summed E-state index contributed by atoms with van der Waals surface area (Å²) in [5.41, 5.74) is 3.16. The van der Waals surface area contributed by atoms with Crippen molar-refractivity contribution in [1.29, 1.82) is 0 Å². The number of nitrogens with one attached hydrogen (secondary N) is 1. The van der Waals surface area contributed by atoms with Crippen LogP contribution in [0.1, 0.15) is 32.6 Å². The number of unbranched alkanes of at least 4 members (excludes halogenated alkanes) is 3. The third-order valence-corrected chi connectivity index (χ3v) is 4.21. The second kappa shape index (κ2) is 7.51. The third-order valence-electron chi connectivity index (χ3n) is 3.97. The van der Waals surface area contributed by atoms with Gasteiger partial charge in [0.2, 0.25) is 5.95 Å². The zero-order valence-electron chi connectivity index (χ0n) is 13.4. The molecule has 3 rings (SSSR count). The predicted molar refractivity (Wildman–Crippen MR) is 98.6 cm³/mol. The number of hydrogen-bond donors (Lipinski definition) is 1. The van der Waals surface area contributed by atoms with E-state index in [0.29, 0.717) is 0 Å². The van der Waals surface area contributed by atoms with Crippen LogP contribution < -0.4 is 5.32 Å². The summed E-state index contributed by atoms with van der Waals surface area (Å²) in [4.78, 5) is 4.75. The molecule has 0 aliphatic heterocycles. The summed E-state index contributed by atoms with van der Waals surface area (Å²) in [6.07, 6.45) is 4.94. The number of aryl methyl sites for hydroxylation is 1. The molecule has 0 bridgehead atoms. The molecule has 0 fully saturated rings. The molecule has 4 heteroatoms. The van der Waals surface area contributed by atoms with E-state index in [0.717, 1.165) is 28.7 Å². The van der Waals surface area contributed by atoms with Gasteiger partial charge in [0.05, 0.1) is 11.0 Å². The fourth-order valence-electron chi connectivity index (χ4n) is 2.79. The van der Waals surface area contributed by atoms with Gasteiger partial charge in [0.1, 0.15) is 0 Å². The molecule has 0 saturated carbocycles. The molecule has 1 aromatic heterocycles. The van der Waals surface area contributed by atoms with E-state index in [1.54, 1.807) is 0 Å². The van der Waals surface area contributed by atoms with Gasteiger partial charge in [-0.05, 0) is 36.8 Å². The second-order valence-corrected chi connectivity index (χ2v) is 6.21. The Bertz CT molecular complexity index is 779. The normalized spacial score (nSPS) is 11.0. The number of para-hydroxylation sites is 2. The number of fused-ring (bicyclic) bond motifs is 1. The lowest BCUT2D eigenvalue weighted by Crippen LogP contribution is -2.04. The van der Waals surface area contributed by atoms with Crippen LogP contribution in [0.5, 0.6) is 0 Å². The minimum Gasteiger partial charge on any atom is -0.326 e. The van der Waals surface area contributed by atoms with Gasteiger partial charge in [0.25, 0.3) is 0 Å². The fourth-order valence-corrected chi connectivity index (χ4v) is 2.98. The molecule has 1 N–H and O–H groups in total. The highest BCUT2D eigenvalue weighted by atomic mass is 35.5. The zero-order valence-corrected chi connectivity index (χ0v) is 14.2. The molecule has 0 radical (unpaired) electrons. The molecule has 2 aromatic carbocycles. The number of anilines is 2. The summed E-state index contributed by atoms with van der Waals surface area (Å²) in [6.45, 7) is 3.21. The molecule has 0 aliphatic rings. The first-order valence-electron chi connectivity index (χ1n) is 8.26. The second-order valence-electron chi connectivity index (χ2n) is 5.77. The number of rotatable bonds is 7. The lowest BCUT2D eigenvalue weighted by atomic mass is 10.2. The smallest absolute Gasteiger partial charge is 0.208 e. The Morgan fingerprint density at radius 3 is 2.74 bits per heavy atom. The maximum atomic E-state index is 6.08. The van der Waals surface area contributed by atoms with Crippen LogP contribution in [-0.2, 0) is 6.54 Å². The Hall–Kier alpha value is -2.00. The van der Waals surface area contributed by atoms with Crippen molar-refractivity contribution in [2.24, 2.45) is 0 Å². The van der Waals surface area contributed by atoms with E-state index in [2.05, 4.69) is 35.0 Å². The average molecular weight is 328 g/mol. The molecule has 120 valence electrons. The third kappa shape index (κ3) is 3.85. The fraction of sp³-hybridized carbons (Fsp3) is 0.316. The monoisotopic (exact) mass is 327 g/mol. The van der Waals surface area contributed by atoms with E-state index in [1.165, 1.54) is 31.2 Å². The summed E-state index contributed by atoms with van der Waals surface area (Å²) in [6, 6.07) is 16.0. The molecule has 0 aliphatic carbocycles. The summed E-state index contributed by atoms with van der Waals surface area (Å²) < 4.78 is 2.27. The molecule has 1 heterocycles. The first kappa shape index (κ1) is 15.9. The lowest BCUT2D eigenvalue weighted by Gasteiger charge is -2.11. The van der Waals surface area contributed by atoms with Crippen molar-refractivity contribution in [3.05, 3.63) is 53.6 Å². The van der Waals surface area contributed by atoms with Crippen molar-refractivity contribution in [2.45, 2.75) is 39.2 Å². The standard InChI is InChI=1S/C19H22ClN3/c1-2-3-4-7-13-23-18-12-6-5-11-17(18)22-19(23)21-16-10-8-9-15(20)14-16/h5-6,8-12,14H,2-4,7,13H2,1H3,(H,21,22). The van der Waals surface area contributed by atoms with Crippen molar-refractivity contribution in [3.63, 3.8) is 0 Å². The quantitative estimate of drug-likeness (QED) is 0.538. The number of benzene rings is 2. The molecule has 0 unspecified atom stereocenters. The first-order chi connectivity index (χ1) is 11.3. The Balaban J connectivity index is 1.88. The van der Waals surface area contributed by atoms with Crippen LogP contribution in [0.3, 0.4) is 0 Å².